The third kappa shape index (κ3) is 2.54. The molecule has 1 aliphatic heterocycles. The van der Waals surface area contributed by atoms with E-state index in [0.29, 0.717) is 0 Å². The monoisotopic (exact) mass is 236 g/mol. The van der Waals surface area contributed by atoms with Crippen LogP contribution >= 0.6 is 0 Å². The molecule has 0 aromatic carbocycles. The Morgan fingerprint density at radius 1 is 1.29 bits per heavy atom. The van der Waals surface area contributed by atoms with Crippen molar-refractivity contribution in [2.24, 2.45) is 0 Å². The summed E-state index contributed by atoms with van der Waals surface area (Å²) in [5, 5.41) is 4.27. The van der Waals surface area contributed by atoms with Crippen molar-refractivity contribution in [1.29, 1.82) is 0 Å². The minimum atomic E-state index is -0.449. The second-order valence-electron chi connectivity index (χ2n) is 5.34. The van der Waals surface area contributed by atoms with Crippen LogP contribution in [-0.2, 0) is 19.9 Å². The fraction of sp³-hybridized carbons (Fsp3) is 0.583. The quantitative estimate of drug-likeness (QED) is 0.548. The van der Waals surface area contributed by atoms with Crippen LogP contribution in [0.3, 0.4) is 0 Å². The Morgan fingerprint density at radius 2 is 1.88 bits per heavy atom. The Balaban J connectivity index is 2.20. The molecule has 0 aliphatic carbocycles. The zero-order chi connectivity index (χ0) is 12.6. The van der Waals surface area contributed by atoms with Crippen LogP contribution in [0, 0.1) is 0 Å². The second kappa shape index (κ2) is 3.98. The molecular weight excluding hydrogens is 220 g/mol. The van der Waals surface area contributed by atoms with E-state index in [1.54, 1.807) is 6.20 Å². The number of aromatic nitrogens is 2. The van der Waals surface area contributed by atoms with Gasteiger partial charge in [0.2, 0.25) is 0 Å². The number of hydrogen-bond acceptors (Lipinski definition) is 4. The summed E-state index contributed by atoms with van der Waals surface area (Å²) in [6.07, 6.45) is 4.13. The summed E-state index contributed by atoms with van der Waals surface area (Å²) in [6, 6.07) is 0. The molecule has 0 saturated carbocycles. The summed E-state index contributed by atoms with van der Waals surface area (Å²) < 4.78 is 6.35. The number of nitrogens with zero attached hydrogens (tertiary/aromatic N) is 2. The number of carbonyl (C=O) groups is 2. The summed E-state index contributed by atoms with van der Waals surface area (Å²) in [5.74, 6) is -0.996. The van der Waals surface area contributed by atoms with E-state index in [1.807, 2.05) is 31.6 Å². The first kappa shape index (κ1) is 11.8. The number of esters is 2. The normalized spacial score (nSPS) is 18.3. The van der Waals surface area contributed by atoms with Crippen molar-refractivity contribution < 1.29 is 14.3 Å². The molecule has 0 N–H and O–H groups in total. The Hall–Kier alpha value is -1.65. The van der Waals surface area contributed by atoms with Crippen LogP contribution < -0.4 is 0 Å². The number of carbonyl (C=O) groups excluding carboxylic acids is 2. The molecule has 1 aromatic heterocycles. The lowest BCUT2D eigenvalue weighted by Crippen LogP contribution is -2.24. The molecule has 0 amide bonds. The minimum Gasteiger partial charge on any atom is -0.393 e. The van der Waals surface area contributed by atoms with Crippen molar-refractivity contribution >= 4 is 11.9 Å². The van der Waals surface area contributed by atoms with E-state index in [2.05, 4.69) is 9.84 Å². The first-order valence-corrected chi connectivity index (χ1v) is 5.65. The Kier molecular flexibility index (Phi) is 2.77. The maximum atomic E-state index is 11.2. The Bertz CT molecular complexity index is 441. The van der Waals surface area contributed by atoms with E-state index >= 15 is 0 Å². The molecule has 0 spiro atoms. The van der Waals surface area contributed by atoms with Gasteiger partial charge < -0.3 is 4.74 Å². The summed E-state index contributed by atoms with van der Waals surface area (Å²) in [4.78, 5) is 22.4. The van der Waals surface area contributed by atoms with Crippen molar-refractivity contribution in [1.82, 2.24) is 9.78 Å². The topological polar surface area (TPSA) is 61.2 Å². The average Bonchev–Trinajstić information content (AvgIpc) is 2.63. The lowest BCUT2D eigenvalue weighted by atomic mass is 9.93. The second-order valence-corrected chi connectivity index (χ2v) is 5.34. The predicted octanol–water partition coefficient (Wildman–Crippen LogP) is 1.59. The Labute approximate surface area is 99.8 Å². The van der Waals surface area contributed by atoms with Crippen LogP contribution in [0.5, 0.6) is 0 Å². The molecule has 2 heterocycles. The van der Waals surface area contributed by atoms with Gasteiger partial charge in [0.05, 0.1) is 24.6 Å². The zero-order valence-electron chi connectivity index (χ0n) is 10.3. The largest absolute Gasteiger partial charge is 0.393 e. The highest BCUT2D eigenvalue weighted by Crippen LogP contribution is 2.28. The molecule has 17 heavy (non-hydrogen) atoms. The maximum absolute atomic E-state index is 11.2. The molecule has 5 nitrogen and oxygen atoms in total. The first-order chi connectivity index (χ1) is 7.86. The number of hydrogen-bond donors (Lipinski definition) is 0. The lowest BCUT2D eigenvalue weighted by Gasteiger charge is -2.20. The van der Waals surface area contributed by atoms with Crippen LogP contribution in [0.2, 0.25) is 0 Å². The predicted molar refractivity (Wildman–Crippen MR) is 60.3 cm³/mol. The van der Waals surface area contributed by atoms with Gasteiger partial charge in [-0.25, -0.2) is 0 Å². The zero-order valence-corrected chi connectivity index (χ0v) is 10.3. The average molecular weight is 236 g/mol. The highest BCUT2D eigenvalue weighted by molar-refractivity contribution is 5.89. The van der Waals surface area contributed by atoms with E-state index in [0.717, 1.165) is 5.56 Å². The van der Waals surface area contributed by atoms with Gasteiger partial charge in [-0.05, 0) is 26.3 Å². The van der Waals surface area contributed by atoms with Crippen LogP contribution in [-0.4, -0.2) is 21.7 Å². The summed E-state index contributed by atoms with van der Waals surface area (Å²) in [5.41, 5.74) is 0.821. The molecule has 0 unspecified atom stereocenters. The number of ether oxygens (including phenoxy) is 1. The fourth-order valence-corrected chi connectivity index (χ4v) is 1.83. The van der Waals surface area contributed by atoms with Gasteiger partial charge in [0.25, 0.3) is 0 Å². The van der Waals surface area contributed by atoms with Gasteiger partial charge in [0.15, 0.2) is 0 Å². The molecule has 1 aromatic rings. The van der Waals surface area contributed by atoms with Crippen LogP contribution in [0.15, 0.2) is 12.4 Å². The molecule has 1 fully saturated rings. The van der Waals surface area contributed by atoms with Crippen molar-refractivity contribution in [3.8, 4) is 0 Å². The minimum absolute atomic E-state index is 0.0974. The SMILES string of the molecule is CC(C)(C)n1cc(C2CC(=O)OC(=O)C2)cn1. The van der Waals surface area contributed by atoms with Gasteiger partial charge in [-0.15, -0.1) is 0 Å². The van der Waals surface area contributed by atoms with Gasteiger partial charge in [-0.1, -0.05) is 0 Å². The van der Waals surface area contributed by atoms with Crippen LogP contribution in [0.25, 0.3) is 0 Å². The first-order valence-electron chi connectivity index (χ1n) is 5.65. The summed E-state index contributed by atoms with van der Waals surface area (Å²) in [7, 11) is 0. The summed E-state index contributed by atoms with van der Waals surface area (Å²) in [6.45, 7) is 6.14. The molecule has 0 radical (unpaired) electrons. The molecule has 92 valence electrons. The molecule has 5 heteroatoms. The van der Waals surface area contributed by atoms with Crippen molar-refractivity contribution in [2.75, 3.05) is 0 Å². The molecule has 1 aliphatic rings. The van der Waals surface area contributed by atoms with Crippen molar-refractivity contribution in [3.05, 3.63) is 18.0 Å². The Morgan fingerprint density at radius 3 is 2.35 bits per heavy atom. The summed E-state index contributed by atoms with van der Waals surface area (Å²) >= 11 is 0. The fourth-order valence-electron chi connectivity index (χ4n) is 1.83. The number of cyclic esters (lactones) is 2. The smallest absolute Gasteiger partial charge is 0.314 e. The van der Waals surface area contributed by atoms with Crippen LogP contribution in [0.4, 0.5) is 0 Å². The van der Waals surface area contributed by atoms with Crippen molar-refractivity contribution in [3.63, 3.8) is 0 Å². The highest BCUT2D eigenvalue weighted by Gasteiger charge is 2.29. The highest BCUT2D eigenvalue weighted by atomic mass is 16.6. The van der Waals surface area contributed by atoms with E-state index in [9.17, 15) is 9.59 Å². The standard InChI is InChI=1S/C12H16N2O3/c1-12(2,3)14-7-9(6-13-14)8-4-10(15)17-11(16)5-8/h6-8H,4-5H2,1-3H3. The molecule has 0 bridgehead atoms. The molecule has 2 rings (SSSR count). The maximum Gasteiger partial charge on any atom is 0.314 e. The van der Waals surface area contributed by atoms with Gasteiger partial charge >= 0.3 is 11.9 Å². The van der Waals surface area contributed by atoms with E-state index < -0.39 is 11.9 Å². The third-order valence-electron chi connectivity index (χ3n) is 2.82. The van der Waals surface area contributed by atoms with Gasteiger partial charge in [0.1, 0.15) is 0 Å². The van der Waals surface area contributed by atoms with E-state index in [-0.39, 0.29) is 24.3 Å². The molecular formula is C12H16N2O3. The molecule has 1 saturated heterocycles. The third-order valence-corrected chi connectivity index (χ3v) is 2.82. The van der Waals surface area contributed by atoms with Gasteiger partial charge in [-0.2, -0.15) is 5.10 Å². The van der Waals surface area contributed by atoms with E-state index in [4.69, 9.17) is 0 Å². The lowest BCUT2D eigenvalue weighted by molar-refractivity contribution is -0.163. The molecule has 0 atom stereocenters. The van der Waals surface area contributed by atoms with Gasteiger partial charge in [0, 0.05) is 12.1 Å². The van der Waals surface area contributed by atoms with Crippen molar-refractivity contribution in [2.45, 2.75) is 45.1 Å². The number of rotatable bonds is 1. The van der Waals surface area contributed by atoms with Crippen LogP contribution in [0.1, 0.15) is 45.1 Å². The van der Waals surface area contributed by atoms with E-state index in [1.165, 1.54) is 0 Å². The van der Waals surface area contributed by atoms with Gasteiger partial charge in [-0.3, -0.25) is 14.3 Å².